The molecule has 212 valence electrons. The number of nitrogens with two attached hydrogens (primary N) is 1. The Balaban J connectivity index is 1.33. The summed E-state index contributed by atoms with van der Waals surface area (Å²) in [6.07, 6.45) is -1.04. The number of nitrogens with one attached hydrogen (secondary N) is 2. The lowest BCUT2D eigenvalue weighted by atomic mass is 9.87. The second kappa shape index (κ2) is 11.8. The number of aliphatic hydroxyl groups is 2. The highest BCUT2D eigenvalue weighted by Crippen LogP contribution is 2.32. The number of aliphatic hydroxyl groups excluding tert-OH is 2. The van der Waals surface area contributed by atoms with Crippen LogP contribution in [0, 0.1) is 5.92 Å². The van der Waals surface area contributed by atoms with E-state index in [1.54, 1.807) is 4.57 Å². The molecule has 0 bridgehead atoms. The van der Waals surface area contributed by atoms with E-state index in [-0.39, 0.29) is 17.3 Å². The number of amides is 2. The zero-order chi connectivity index (χ0) is 28.3. The molecule has 4 rings (SSSR count). The molecule has 3 aromatic rings. The molecule has 0 saturated carbocycles. The van der Waals surface area contributed by atoms with Crippen molar-refractivity contribution in [2.45, 2.75) is 64.6 Å². The largest absolute Gasteiger partial charge is 0.387 e. The number of aromatic nitrogens is 4. The van der Waals surface area contributed by atoms with Gasteiger partial charge in [-0.05, 0) is 29.0 Å². The van der Waals surface area contributed by atoms with E-state index in [9.17, 15) is 15.0 Å². The van der Waals surface area contributed by atoms with Crippen molar-refractivity contribution in [3.05, 3.63) is 42.5 Å². The molecule has 12 heteroatoms. The predicted octanol–water partition coefficient (Wildman–Crippen LogP) is 2.10. The van der Waals surface area contributed by atoms with Crippen LogP contribution in [0.3, 0.4) is 0 Å². The van der Waals surface area contributed by atoms with Crippen LogP contribution in [0.1, 0.15) is 46.4 Å². The zero-order valence-corrected chi connectivity index (χ0v) is 23.2. The second-order valence-electron chi connectivity index (χ2n) is 11.5. The third-order valence-electron chi connectivity index (χ3n) is 6.78. The van der Waals surface area contributed by atoms with Crippen LogP contribution in [0.5, 0.6) is 0 Å². The molecule has 0 unspecified atom stereocenters. The van der Waals surface area contributed by atoms with Gasteiger partial charge in [0.05, 0.1) is 6.33 Å². The maximum Gasteiger partial charge on any atom is 0.319 e. The van der Waals surface area contributed by atoms with Crippen molar-refractivity contribution in [1.82, 2.24) is 29.7 Å². The Labute approximate surface area is 228 Å². The van der Waals surface area contributed by atoms with Crippen molar-refractivity contribution in [2.24, 2.45) is 5.92 Å². The Kier molecular flexibility index (Phi) is 8.70. The van der Waals surface area contributed by atoms with Crippen LogP contribution >= 0.6 is 0 Å². The Morgan fingerprint density at radius 2 is 1.87 bits per heavy atom. The van der Waals surface area contributed by atoms with Crippen molar-refractivity contribution in [3.8, 4) is 0 Å². The fourth-order valence-corrected chi connectivity index (χ4v) is 4.75. The molecule has 2 amide bonds. The van der Waals surface area contributed by atoms with Crippen LogP contribution < -0.4 is 16.4 Å². The fraction of sp³-hybridized carbons (Fsp3) is 0.556. The highest BCUT2D eigenvalue weighted by Gasteiger charge is 2.44. The number of rotatable bonds is 9. The zero-order valence-electron chi connectivity index (χ0n) is 23.2. The van der Waals surface area contributed by atoms with Gasteiger partial charge < -0.3 is 31.3 Å². The minimum Gasteiger partial charge on any atom is -0.387 e. The van der Waals surface area contributed by atoms with E-state index in [2.05, 4.69) is 65.1 Å². The van der Waals surface area contributed by atoms with Gasteiger partial charge in [-0.3, -0.25) is 9.47 Å². The lowest BCUT2D eigenvalue weighted by Crippen LogP contribution is -2.44. The van der Waals surface area contributed by atoms with Crippen LogP contribution in [-0.4, -0.2) is 85.2 Å². The average Bonchev–Trinajstić information content (AvgIpc) is 3.41. The molecule has 0 aliphatic carbocycles. The molecule has 3 heterocycles. The van der Waals surface area contributed by atoms with Crippen LogP contribution in [0.4, 0.5) is 16.3 Å². The van der Waals surface area contributed by atoms with Gasteiger partial charge in [0.15, 0.2) is 17.7 Å². The van der Waals surface area contributed by atoms with Crippen LogP contribution in [0.15, 0.2) is 36.9 Å². The third kappa shape index (κ3) is 6.82. The molecule has 1 aliphatic heterocycles. The molecule has 1 saturated heterocycles. The average molecular weight is 541 g/mol. The van der Waals surface area contributed by atoms with Crippen molar-refractivity contribution >= 4 is 28.7 Å². The number of hydrogen-bond donors (Lipinski definition) is 5. The first-order chi connectivity index (χ1) is 18.4. The molecule has 4 atom stereocenters. The normalized spacial score (nSPS) is 21.7. The number of anilines is 2. The van der Waals surface area contributed by atoms with E-state index >= 15 is 0 Å². The first-order valence-corrected chi connectivity index (χ1v) is 13.3. The summed E-state index contributed by atoms with van der Waals surface area (Å²) in [5, 5.41) is 27.4. The van der Waals surface area contributed by atoms with E-state index < -0.39 is 24.5 Å². The molecule has 1 fully saturated rings. The minimum atomic E-state index is -1.18. The number of fused-ring (bicyclic) bond motifs is 1. The monoisotopic (exact) mass is 540 g/mol. The van der Waals surface area contributed by atoms with E-state index in [1.807, 2.05) is 24.3 Å². The minimum absolute atomic E-state index is 0.0439. The SMILES string of the molecule is CC(C)CN(CCNC(=O)Nc1ccc(C(C)(C)C)cc1)C[C@H]1O[C@@H](n2cnc3c(N)ncnc32)[C@H](O)[C@@H]1O. The number of ether oxygens (including phenoxy) is 1. The number of hydrogen-bond acceptors (Lipinski definition) is 9. The second-order valence-corrected chi connectivity index (χ2v) is 11.5. The van der Waals surface area contributed by atoms with E-state index in [0.717, 1.165) is 12.2 Å². The Morgan fingerprint density at radius 1 is 1.15 bits per heavy atom. The standard InChI is InChI=1S/C27H40N8O4/c1-16(2)12-34(11-10-29-26(38)33-18-8-6-17(7-9-18)27(3,4)5)13-19-21(36)22(37)25(39-19)35-15-32-20-23(28)30-14-31-24(20)35/h6-9,14-16,19,21-22,25,36-37H,10-13H2,1-5H3,(H2,28,30,31)(H2,29,33,38)/t19-,21-,22-,25-/m1/s1. The van der Waals surface area contributed by atoms with Crippen LogP contribution in [0.2, 0.25) is 0 Å². The molecule has 1 aromatic carbocycles. The molecule has 6 N–H and O–H groups in total. The Bertz CT molecular complexity index is 1260. The van der Waals surface area contributed by atoms with Gasteiger partial charge in [-0.25, -0.2) is 19.7 Å². The topological polar surface area (TPSA) is 164 Å². The van der Waals surface area contributed by atoms with Gasteiger partial charge in [0, 0.05) is 31.9 Å². The lowest BCUT2D eigenvalue weighted by Gasteiger charge is -2.28. The molecule has 1 aliphatic rings. The molecule has 12 nitrogen and oxygen atoms in total. The molecular formula is C27H40N8O4. The quantitative estimate of drug-likeness (QED) is 0.273. The fourth-order valence-electron chi connectivity index (χ4n) is 4.75. The number of carbonyl (C=O) groups is 1. The number of nitrogen functional groups attached to an aromatic ring is 1. The van der Waals surface area contributed by atoms with Crippen molar-refractivity contribution < 1.29 is 19.7 Å². The summed E-state index contributed by atoms with van der Waals surface area (Å²) in [6.45, 7) is 12.7. The highest BCUT2D eigenvalue weighted by atomic mass is 16.6. The summed E-state index contributed by atoms with van der Waals surface area (Å²) in [6, 6.07) is 7.54. The van der Waals surface area contributed by atoms with Gasteiger partial charge in [-0.1, -0.05) is 46.8 Å². The number of carbonyl (C=O) groups excluding carboxylic acids is 1. The smallest absolute Gasteiger partial charge is 0.319 e. The predicted molar refractivity (Wildman–Crippen MR) is 149 cm³/mol. The Hall–Kier alpha value is -3.32. The van der Waals surface area contributed by atoms with Crippen molar-refractivity contribution in [3.63, 3.8) is 0 Å². The van der Waals surface area contributed by atoms with Crippen molar-refractivity contribution in [2.75, 3.05) is 37.2 Å². The van der Waals surface area contributed by atoms with E-state index in [4.69, 9.17) is 10.5 Å². The maximum atomic E-state index is 12.5. The highest BCUT2D eigenvalue weighted by molar-refractivity contribution is 5.89. The van der Waals surface area contributed by atoms with Gasteiger partial charge in [0.2, 0.25) is 0 Å². The molecule has 2 aromatic heterocycles. The van der Waals surface area contributed by atoms with Gasteiger partial charge >= 0.3 is 6.03 Å². The van der Waals surface area contributed by atoms with Gasteiger partial charge in [0.25, 0.3) is 0 Å². The first kappa shape index (κ1) is 28.7. The summed E-state index contributed by atoms with van der Waals surface area (Å²) in [4.78, 5) is 27.0. The molecule has 0 radical (unpaired) electrons. The molecular weight excluding hydrogens is 500 g/mol. The number of nitrogens with zero attached hydrogens (tertiary/aromatic N) is 5. The van der Waals surface area contributed by atoms with Crippen molar-refractivity contribution in [1.29, 1.82) is 0 Å². The van der Waals surface area contributed by atoms with E-state index in [0.29, 0.717) is 36.7 Å². The summed E-state index contributed by atoms with van der Waals surface area (Å²) in [7, 11) is 0. The summed E-state index contributed by atoms with van der Waals surface area (Å²) in [5.41, 5.74) is 8.67. The maximum absolute atomic E-state index is 12.5. The van der Waals surface area contributed by atoms with Crippen LogP contribution in [-0.2, 0) is 10.2 Å². The van der Waals surface area contributed by atoms with Gasteiger partial charge in [0.1, 0.15) is 30.2 Å². The summed E-state index contributed by atoms with van der Waals surface area (Å²) < 4.78 is 7.67. The summed E-state index contributed by atoms with van der Waals surface area (Å²) >= 11 is 0. The van der Waals surface area contributed by atoms with Gasteiger partial charge in [-0.15, -0.1) is 0 Å². The first-order valence-electron chi connectivity index (χ1n) is 13.3. The Morgan fingerprint density at radius 3 is 2.54 bits per heavy atom. The van der Waals surface area contributed by atoms with Gasteiger partial charge in [-0.2, -0.15) is 0 Å². The number of imidazole rings is 1. The lowest BCUT2D eigenvalue weighted by molar-refractivity contribution is -0.0447. The third-order valence-corrected chi connectivity index (χ3v) is 6.78. The van der Waals surface area contributed by atoms with E-state index in [1.165, 1.54) is 18.2 Å². The number of urea groups is 1. The molecule has 0 spiro atoms. The van der Waals surface area contributed by atoms with Crippen LogP contribution in [0.25, 0.3) is 11.2 Å². The number of benzene rings is 1. The summed E-state index contributed by atoms with van der Waals surface area (Å²) in [5.74, 6) is 0.571. The molecule has 39 heavy (non-hydrogen) atoms.